The molecule has 1 aromatic heterocycles. The highest BCUT2D eigenvalue weighted by Gasteiger charge is 2.27. The Kier molecular flexibility index (Phi) is 6.21. The van der Waals surface area contributed by atoms with Gasteiger partial charge in [0.2, 0.25) is 5.91 Å². The van der Waals surface area contributed by atoms with Crippen molar-refractivity contribution in [2.24, 2.45) is 0 Å². The maximum absolute atomic E-state index is 12.5. The van der Waals surface area contributed by atoms with Gasteiger partial charge in [0, 0.05) is 31.3 Å². The quantitative estimate of drug-likeness (QED) is 0.715. The summed E-state index contributed by atoms with van der Waals surface area (Å²) in [5, 5.41) is 6.36. The second-order valence-corrected chi connectivity index (χ2v) is 6.92. The van der Waals surface area contributed by atoms with Crippen molar-refractivity contribution in [1.82, 2.24) is 15.3 Å². The number of rotatable bonds is 8. The van der Waals surface area contributed by atoms with Crippen LogP contribution in [0.3, 0.4) is 0 Å². The molecule has 1 heterocycles. The van der Waals surface area contributed by atoms with Gasteiger partial charge in [-0.25, -0.2) is 9.97 Å². The van der Waals surface area contributed by atoms with Crippen LogP contribution in [0.25, 0.3) is 0 Å². The molecule has 2 N–H and O–H groups in total. The molecule has 0 aliphatic heterocycles. The number of amides is 1. The normalized spacial score (nSPS) is 15.5. The van der Waals surface area contributed by atoms with Crippen LogP contribution in [0, 0.1) is 6.92 Å². The molecule has 26 heavy (non-hydrogen) atoms. The summed E-state index contributed by atoms with van der Waals surface area (Å²) in [5.41, 5.74) is 3.46. The van der Waals surface area contributed by atoms with Crippen LogP contribution in [0.2, 0.25) is 0 Å². The number of nitrogens with zero attached hydrogens (tertiary/aromatic N) is 2. The van der Waals surface area contributed by atoms with E-state index in [-0.39, 0.29) is 11.8 Å². The third kappa shape index (κ3) is 4.59. The molecule has 0 spiro atoms. The topological polar surface area (TPSA) is 66.9 Å². The highest BCUT2D eigenvalue weighted by Crippen LogP contribution is 2.32. The SMILES string of the molecule is CCCCc1nc(C)cc(NCCNC(=O)[C@@H]2CCc3ccccc32)n1. The third-order valence-electron chi connectivity index (χ3n) is 4.83. The van der Waals surface area contributed by atoms with Crippen LogP contribution in [0.4, 0.5) is 5.82 Å². The van der Waals surface area contributed by atoms with Gasteiger partial charge >= 0.3 is 0 Å². The number of fused-ring (bicyclic) bond motifs is 1. The van der Waals surface area contributed by atoms with Crippen molar-refractivity contribution < 1.29 is 4.79 Å². The number of unbranched alkanes of at least 4 members (excludes halogenated alkanes) is 1. The number of benzene rings is 1. The van der Waals surface area contributed by atoms with Gasteiger partial charge in [0.25, 0.3) is 0 Å². The van der Waals surface area contributed by atoms with E-state index in [0.29, 0.717) is 13.1 Å². The first-order valence-electron chi connectivity index (χ1n) is 9.61. The van der Waals surface area contributed by atoms with Gasteiger partial charge < -0.3 is 10.6 Å². The zero-order valence-electron chi connectivity index (χ0n) is 15.7. The van der Waals surface area contributed by atoms with Crippen molar-refractivity contribution in [1.29, 1.82) is 0 Å². The number of hydrogen-bond donors (Lipinski definition) is 2. The fraction of sp³-hybridized carbons (Fsp3) is 0.476. The Hall–Kier alpha value is -2.43. The average molecular weight is 352 g/mol. The Bertz CT molecular complexity index is 759. The van der Waals surface area contributed by atoms with Crippen LogP contribution >= 0.6 is 0 Å². The van der Waals surface area contributed by atoms with Crippen LogP contribution in [-0.2, 0) is 17.6 Å². The molecule has 2 aromatic rings. The minimum atomic E-state index is -0.00635. The summed E-state index contributed by atoms with van der Waals surface area (Å²) in [5.74, 6) is 1.84. The molecule has 138 valence electrons. The van der Waals surface area contributed by atoms with Crippen LogP contribution in [0.15, 0.2) is 30.3 Å². The fourth-order valence-electron chi connectivity index (χ4n) is 3.50. The highest BCUT2D eigenvalue weighted by atomic mass is 16.1. The summed E-state index contributed by atoms with van der Waals surface area (Å²) >= 11 is 0. The number of aromatic nitrogens is 2. The second-order valence-electron chi connectivity index (χ2n) is 6.92. The summed E-state index contributed by atoms with van der Waals surface area (Å²) in [6, 6.07) is 10.2. The van der Waals surface area contributed by atoms with Gasteiger partial charge in [0.1, 0.15) is 11.6 Å². The van der Waals surface area contributed by atoms with Crippen molar-refractivity contribution in [2.75, 3.05) is 18.4 Å². The van der Waals surface area contributed by atoms with Gasteiger partial charge in [0.05, 0.1) is 5.92 Å². The van der Waals surface area contributed by atoms with E-state index in [0.717, 1.165) is 49.4 Å². The zero-order chi connectivity index (χ0) is 18.4. The molecule has 0 unspecified atom stereocenters. The Balaban J connectivity index is 1.47. The molecule has 5 heteroatoms. The lowest BCUT2D eigenvalue weighted by Gasteiger charge is -2.13. The molecule has 0 bridgehead atoms. The fourth-order valence-corrected chi connectivity index (χ4v) is 3.50. The molecular formula is C21H28N4O. The lowest BCUT2D eigenvalue weighted by Crippen LogP contribution is -2.32. The summed E-state index contributed by atoms with van der Waals surface area (Å²) in [4.78, 5) is 21.5. The number of nitrogens with one attached hydrogen (secondary N) is 2. The first-order chi connectivity index (χ1) is 12.7. The Morgan fingerprint density at radius 1 is 1.23 bits per heavy atom. The zero-order valence-corrected chi connectivity index (χ0v) is 15.7. The molecule has 1 aliphatic carbocycles. The molecule has 0 saturated carbocycles. The van der Waals surface area contributed by atoms with Crippen molar-refractivity contribution in [3.05, 3.63) is 53.0 Å². The van der Waals surface area contributed by atoms with Crippen molar-refractivity contribution >= 4 is 11.7 Å². The molecule has 0 radical (unpaired) electrons. The first kappa shape index (κ1) is 18.4. The molecule has 3 rings (SSSR count). The Morgan fingerprint density at radius 2 is 2.08 bits per heavy atom. The number of carbonyl (C=O) groups excluding carboxylic acids is 1. The van der Waals surface area contributed by atoms with Crippen molar-refractivity contribution in [3.63, 3.8) is 0 Å². The summed E-state index contributed by atoms with van der Waals surface area (Å²) in [7, 11) is 0. The van der Waals surface area contributed by atoms with E-state index in [1.54, 1.807) is 0 Å². The lowest BCUT2D eigenvalue weighted by molar-refractivity contribution is -0.122. The van der Waals surface area contributed by atoms with Gasteiger partial charge in [-0.15, -0.1) is 0 Å². The summed E-state index contributed by atoms with van der Waals surface area (Å²) in [6.45, 7) is 5.40. The van der Waals surface area contributed by atoms with Gasteiger partial charge in [-0.3, -0.25) is 4.79 Å². The molecule has 1 aliphatic rings. The molecule has 5 nitrogen and oxygen atoms in total. The highest BCUT2D eigenvalue weighted by molar-refractivity contribution is 5.84. The monoisotopic (exact) mass is 352 g/mol. The molecule has 1 amide bonds. The van der Waals surface area contributed by atoms with Gasteiger partial charge in [-0.1, -0.05) is 37.6 Å². The largest absolute Gasteiger partial charge is 0.368 e. The van der Waals surface area contributed by atoms with E-state index in [1.165, 1.54) is 11.1 Å². The number of anilines is 1. The summed E-state index contributed by atoms with van der Waals surface area (Å²) in [6.07, 6.45) is 5.04. The van der Waals surface area contributed by atoms with E-state index in [9.17, 15) is 4.79 Å². The van der Waals surface area contributed by atoms with E-state index in [2.05, 4.69) is 39.7 Å². The molecule has 0 fully saturated rings. The van der Waals surface area contributed by atoms with Crippen LogP contribution in [-0.4, -0.2) is 29.0 Å². The maximum Gasteiger partial charge on any atom is 0.227 e. The summed E-state index contributed by atoms with van der Waals surface area (Å²) < 4.78 is 0. The second kappa shape index (κ2) is 8.79. The Morgan fingerprint density at radius 3 is 2.92 bits per heavy atom. The van der Waals surface area contributed by atoms with Crippen LogP contribution < -0.4 is 10.6 Å². The molecule has 1 aromatic carbocycles. The van der Waals surface area contributed by atoms with E-state index in [1.807, 2.05) is 25.1 Å². The van der Waals surface area contributed by atoms with Crippen LogP contribution in [0.5, 0.6) is 0 Å². The van der Waals surface area contributed by atoms with Gasteiger partial charge in [-0.05, 0) is 37.3 Å². The minimum absolute atomic E-state index is 0.00635. The van der Waals surface area contributed by atoms with E-state index >= 15 is 0 Å². The number of hydrogen-bond acceptors (Lipinski definition) is 4. The molecule has 0 saturated heterocycles. The number of aryl methyl sites for hydroxylation is 3. The van der Waals surface area contributed by atoms with Crippen molar-refractivity contribution in [2.45, 2.75) is 51.9 Å². The van der Waals surface area contributed by atoms with Gasteiger partial charge in [0.15, 0.2) is 0 Å². The van der Waals surface area contributed by atoms with Crippen molar-refractivity contribution in [3.8, 4) is 0 Å². The maximum atomic E-state index is 12.5. The lowest BCUT2D eigenvalue weighted by atomic mass is 10.0. The standard InChI is InChI=1S/C21H28N4O/c1-3-4-9-19-24-15(2)14-20(25-19)22-12-13-23-21(26)18-11-10-16-7-5-6-8-17(16)18/h5-8,14,18H,3-4,9-13H2,1-2H3,(H,23,26)(H,22,24,25)/t18-/m1/s1. The number of carbonyl (C=O) groups is 1. The Labute approximate surface area is 155 Å². The predicted octanol–water partition coefficient (Wildman–Crippen LogP) is 3.39. The first-order valence-corrected chi connectivity index (χ1v) is 9.61. The van der Waals surface area contributed by atoms with Crippen LogP contribution in [0.1, 0.15) is 54.7 Å². The smallest absolute Gasteiger partial charge is 0.227 e. The molecular weight excluding hydrogens is 324 g/mol. The molecule has 1 atom stereocenters. The predicted molar refractivity (Wildman–Crippen MR) is 104 cm³/mol. The van der Waals surface area contributed by atoms with E-state index < -0.39 is 0 Å². The third-order valence-corrected chi connectivity index (χ3v) is 4.83. The minimum Gasteiger partial charge on any atom is -0.368 e. The van der Waals surface area contributed by atoms with E-state index in [4.69, 9.17) is 0 Å². The van der Waals surface area contributed by atoms with Gasteiger partial charge in [-0.2, -0.15) is 0 Å². The average Bonchev–Trinajstić information content (AvgIpc) is 3.07.